The van der Waals surface area contributed by atoms with E-state index >= 15 is 0 Å². The topological polar surface area (TPSA) is 83.6 Å². The van der Waals surface area contributed by atoms with Gasteiger partial charge >= 0.3 is 0 Å². The van der Waals surface area contributed by atoms with Gasteiger partial charge < -0.3 is 10.3 Å². The molecule has 1 amide bonds. The Hall–Kier alpha value is -2.41. The number of H-pyrrole nitrogens is 1. The van der Waals surface area contributed by atoms with Crippen LogP contribution in [0.3, 0.4) is 0 Å². The van der Waals surface area contributed by atoms with Crippen LogP contribution in [0, 0.1) is 13.8 Å². The summed E-state index contributed by atoms with van der Waals surface area (Å²) in [5, 5.41) is 3.39. The minimum absolute atomic E-state index is 0.0618. The van der Waals surface area contributed by atoms with E-state index in [-0.39, 0.29) is 11.2 Å². The Kier molecular flexibility index (Phi) is 4.29. The van der Waals surface area contributed by atoms with E-state index < -0.39 is 0 Å². The van der Waals surface area contributed by atoms with Gasteiger partial charge in [-0.15, -0.1) is 0 Å². The number of aromatic amines is 1. The first-order valence-electron chi connectivity index (χ1n) is 7.23. The quantitative estimate of drug-likeness (QED) is 0.568. The SMILES string of the molecule is Cc1ccc(NC(=O)[C@@H](C)Sc2ncnc3nc[nH]c23)c(C)c1. The number of hydrogen-bond acceptors (Lipinski definition) is 5. The van der Waals surface area contributed by atoms with Gasteiger partial charge in [-0.1, -0.05) is 29.5 Å². The molecule has 0 saturated heterocycles. The summed E-state index contributed by atoms with van der Waals surface area (Å²) in [4.78, 5) is 27.8. The molecule has 0 aliphatic carbocycles. The van der Waals surface area contributed by atoms with Gasteiger partial charge in [0.1, 0.15) is 16.9 Å². The highest BCUT2D eigenvalue weighted by molar-refractivity contribution is 8.00. The third kappa shape index (κ3) is 3.34. The van der Waals surface area contributed by atoms with Gasteiger partial charge in [0, 0.05) is 5.69 Å². The smallest absolute Gasteiger partial charge is 0.237 e. The molecule has 0 unspecified atom stereocenters. The van der Waals surface area contributed by atoms with Crippen LogP contribution >= 0.6 is 11.8 Å². The fourth-order valence-electron chi connectivity index (χ4n) is 2.24. The largest absolute Gasteiger partial charge is 0.341 e. The van der Waals surface area contributed by atoms with Gasteiger partial charge in [0.05, 0.1) is 11.6 Å². The van der Waals surface area contributed by atoms with Crippen molar-refractivity contribution in [3.63, 3.8) is 0 Å². The van der Waals surface area contributed by atoms with E-state index in [0.717, 1.165) is 21.8 Å². The molecule has 1 atom stereocenters. The number of imidazole rings is 1. The second-order valence-corrected chi connectivity index (χ2v) is 6.68. The van der Waals surface area contributed by atoms with Crippen LogP contribution in [-0.4, -0.2) is 31.1 Å². The minimum atomic E-state index is -0.294. The highest BCUT2D eigenvalue weighted by Gasteiger charge is 2.18. The van der Waals surface area contributed by atoms with Crippen molar-refractivity contribution in [2.45, 2.75) is 31.0 Å². The Morgan fingerprint density at radius 1 is 1.26 bits per heavy atom. The maximum atomic E-state index is 12.4. The number of hydrogen-bond donors (Lipinski definition) is 2. The zero-order valence-electron chi connectivity index (χ0n) is 13.1. The van der Waals surface area contributed by atoms with Crippen molar-refractivity contribution in [2.75, 3.05) is 5.32 Å². The zero-order valence-corrected chi connectivity index (χ0v) is 13.9. The summed E-state index contributed by atoms with van der Waals surface area (Å²) >= 11 is 1.38. The number of benzene rings is 1. The van der Waals surface area contributed by atoms with E-state index in [4.69, 9.17) is 0 Å². The number of nitrogens with one attached hydrogen (secondary N) is 2. The second-order valence-electron chi connectivity index (χ2n) is 5.35. The van der Waals surface area contributed by atoms with Crippen molar-refractivity contribution in [1.82, 2.24) is 19.9 Å². The Morgan fingerprint density at radius 2 is 2.09 bits per heavy atom. The average molecular weight is 327 g/mol. The number of carbonyl (C=O) groups is 1. The number of fused-ring (bicyclic) bond motifs is 1. The van der Waals surface area contributed by atoms with E-state index in [0.29, 0.717) is 5.65 Å². The van der Waals surface area contributed by atoms with Gasteiger partial charge in [0.15, 0.2) is 5.65 Å². The van der Waals surface area contributed by atoms with Crippen LogP contribution < -0.4 is 5.32 Å². The summed E-state index contributed by atoms with van der Waals surface area (Å²) < 4.78 is 0. The number of amides is 1. The van der Waals surface area contributed by atoms with E-state index in [1.54, 1.807) is 6.33 Å². The Labute approximate surface area is 138 Å². The molecule has 23 heavy (non-hydrogen) atoms. The van der Waals surface area contributed by atoms with Gasteiger partial charge in [-0.05, 0) is 32.4 Å². The van der Waals surface area contributed by atoms with Crippen molar-refractivity contribution in [3.8, 4) is 0 Å². The first-order chi connectivity index (χ1) is 11.0. The van der Waals surface area contributed by atoms with Gasteiger partial charge in [0.2, 0.25) is 5.91 Å². The molecule has 0 saturated carbocycles. The van der Waals surface area contributed by atoms with E-state index in [9.17, 15) is 4.79 Å². The highest BCUT2D eigenvalue weighted by atomic mass is 32.2. The maximum absolute atomic E-state index is 12.4. The lowest BCUT2D eigenvalue weighted by Gasteiger charge is -2.13. The first kappa shape index (κ1) is 15.5. The van der Waals surface area contributed by atoms with Crippen molar-refractivity contribution in [2.24, 2.45) is 0 Å². The molecule has 0 fully saturated rings. The number of rotatable bonds is 4. The number of aryl methyl sites for hydroxylation is 2. The van der Waals surface area contributed by atoms with Gasteiger partial charge in [-0.3, -0.25) is 4.79 Å². The summed E-state index contributed by atoms with van der Waals surface area (Å²) in [5.41, 5.74) is 4.41. The molecule has 0 bridgehead atoms. The van der Waals surface area contributed by atoms with Gasteiger partial charge in [-0.2, -0.15) is 0 Å². The van der Waals surface area contributed by atoms with Crippen LogP contribution in [0.2, 0.25) is 0 Å². The van der Waals surface area contributed by atoms with Crippen molar-refractivity contribution >= 4 is 34.5 Å². The molecular formula is C16H17N5OS. The molecule has 1 aromatic carbocycles. The molecule has 2 N–H and O–H groups in total. The van der Waals surface area contributed by atoms with Gasteiger partial charge in [0.25, 0.3) is 0 Å². The Bertz CT molecular complexity index is 861. The number of aromatic nitrogens is 4. The molecule has 7 heteroatoms. The summed E-state index contributed by atoms with van der Waals surface area (Å²) in [6.07, 6.45) is 3.03. The lowest BCUT2D eigenvalue weighted by Crippen LogP contribution is -2.23. The molecular weight excluding hydrogens is 310 g/mol. The van der Waals surface area contributed by atoms with Gasteiger partial charge in [-0.25, -0.2) is 15.0 Å². The predicted octanol–water partition coefficient (Wildman–Crippen LogP) is 3.09. The lowest BCUT2D eigenvalue weighted by molar-refractivity contribution is -0.115. The fourth-order valence-corrected chi connectivity index (χ4v) is 3.12. The number of thioether (sulfide) groups is 1. The van der Waals surface area contributed by atoms with Crippen molar-refractivity contribution in [1.29, 1.82) is 0 Å². The van der Waals surface area contributed by atoms with Crippen LogP contribution in [0.25, 0.3) is 11.2 Å². The zero-order chi connectivity index (χ0) is 16.4. The second kappa shape index (κ2) is 6.37. The van der Waals surface area contributed by atoms with Crippen LogP contribution in [0.5, 0.6) is 0 Å². The van der Waals surface area contributed by atoms with Crippen LogP contribution in [0.15, 0.2) is 35.9 Å². The fraction of sp³-hybridized carbons (Fsp3) is 0.250. The van der Waals surface area contributed by atoms with Crippen LogP contribution in [0.4, 0.5) is 5.69 Å². The number of anilines is 1. The molecule has 3 rings (SSSR count). The highest BCUT2D eigenvalue weighted by Crippen LogP contribution is 2.27. The molecule has 0 aliphatic rings. The maximum Gasteiger partial charge on any atom is 0.237 e. The minimum Gasteiger partial charge on any atom is -0.341 e. The predicted molar refractivity (Wildman–Crippen MR) is 91.5 cm³/mol. The van der Waals surface area contributed by atoms with Crippen LogP contribution in [-0.2, 0) is 4.79 Å². The molecule has 0 spiro atoms. The molecule has 2 aromatic heterocycles. The lowest BCUT2D eigenvalue weighted by atomic mass is 10.1. The van der Waals surface area contributed by atoms with Crippen molar-refractivity contribution in [3.05, 3.63) is 42.0 Å². The normalized spacial score (nSPS) is 12.3. The summed E-state index contributed by atoms with van der Waals surface area (Å²) in [5.74, 6) is -0.0618. The third-order valence-corrected chi connectivity index (χ3v) is 4.59. The molecule has 118 valence electrons. The van der Waals surface area contributed by atoms with E-state index in [2.05, 4.69) is 25.3 Å². The molecule has 0 aliphatic heterocycles. The van der Waals surface area contributed by atoms with Crippen LogP contribution in [0.1, 0.15) is 18.1 Å². The Morgan fingerprint density at radius 3 is 2.87 bits per heavy atom. The molecule has 0 radical (unpaired) electrons. The Balaban J connectivity index is 1.74. The summed E-state index contributed by atoms with van der Waals surface area (Å²) in [6, 6.07) is 5.96. The summed E-state index contributed by atoms with van der Waals surface area (Å²) in [7, 11) is 0. The third-order valence-electron chi connectivity index (χ3n) is 3.49. The standard InChI is InChI=1S/C16H17N5OS/c1-9-4-5-12(10(2)6-9)21-15(22)11(3)23-16-13-14(18-7-17-13)19-8-20-16/h4-8,11H,1-3H3,(H,21,22)(H,17,18,19,20)/t11-/m1/s1. The molecule has 6 nitrogen and oxygen atoms in total. The number of carbonyl (C=O) groups excluding carboxylic acids is 1. The molecule has 2 heterocycles. The summed E-state index contributed by atoms with van der Waals surface area (Å²) in [6.45, 7) is 5.87. The van der Waals surface area contributed by atoms with E-state index in [1.165, 1.54) is 23.7 Å². The number of nitrogens with zero attached hydrogens (tertiary/aromatic N) is 3. The average Bonchev–Trinajstić information content (AvgIpc) is 2.99. The monoisotopic (exact) mass is 327 g/mol. The van der Waals surface area contributed by atoms with Crippen molar-refractivity contribution < 1.29 is 4.79 Å². The first-order valence-corrected chi connectivity index (χ1v) is 8.11. The molecule has 3 aromatic rings. The van der Waals surface area contributed by atoms with E-state index in [1.807, 2.05) is 39.0 Å².